The lowest BCUT2D eigenvalue weighted by Gasteiger charge is -2.24. The van der Waals surface area contributed by atoms with Gasteiger partial charge in [-0.25, -0.2) is 8.42 Å². The minimum Gasteiger partial charge on any atom is -0.491 e. The summed E-state index contributed by atoms with van der Waals surface area (Å²) in [5.74, 6) is 1.21. The zero-order chi connectivity index (χ0) is 15.3. The number of benzene rings is 1. The highest BCUT2D eigenvalue weighted by atomic mass is 32.2. The highest BCUT2D eigenvalue weighted by Gasteiger charge is 2.23. The summed E-state index contributed by atoms with van der Waals surface area (Å²) in [6.45, 7) is 2.64. The van der Waals surface area contributed by atoms with Crippen LogP contribution in [-0.2, 0) is 9.84 Å². The third kappa shape index (κ3) is 5.65. The first-order valence-corrected chi connectivity index (χ1v) is 9.08. The summed E-state index contributed by atoms with van der Waals surface area (Å²) < 4.78 is 28.2. The molecular formula is C15H23NO4S. The van der Waals surface area contributed by atoms with Crippen LogP contribution in [0.25, 0.3) is 0 Å². The van der Waals surface area contributed by atoms with Crippen LogP contribution in [-0.4, -0.2) is 50.3 Å². The van der Waals surface area contributed by atoms with Crippen molar-refractivity contribution in [3.63, 3.8) is 0 Å². The number of aliphatic hydroxyl groups is 1. The zero-order valence-corrected chi connectivity index (χ0v) is 13.1. The average molecular weight is 313 g/mol. The lowest BCUT2D eigenvalue weighted by Crippen LogP contribution is -2.42. The third-order valence-corrected chi connectivity index (χ3v) is 5.38. The first-order valence-electron chi connectivity index (χ1n) is 7.26. The molecule has 0 aliphatic carbocycles. The van der Waals surface area contributed by atoms with Gasteiger partial charge in [0.05, 0.1) is 11.5 Å². The maximum Gasteiger partial charge on any atom is 0.150 e. The van der Waals surface area contributed by atoms with Crippen LogP contribution in [0.1, 0.15) is 18.4 Å². The number of ether oxygens (including phenoxy) is 1. The van der Waals surface area contributed by atoms with E-state index >= 15 is 0 Å². The fraction of sp³-hybridized carbons (Fsp3) is 0.600. The maximum absolute atomic E-state index is 11.3. The van der Waals surface area contributed by atoms with E-state index in [2.05, 4.69) is 5.32 Å². The molecule has 1 fully saturated rings. The van der Waals surface area contributed by atoms with E-state index in [1.54, 1.807) is 0 Å². The largest absolute Gasteiger partial charge is 0.491 e. The van der Waals surface area contributed by atoms with Crippen molar-refractivity contribution in [2.75, 3.05) is 24.7 Å². The van der Waals surface area contributed by atoms with Crippen molar-refractivity contribution in [3.8, 4) is 5.75 Å². The highest BCUT2D eigenvalue weighted by Crippen LogP contribution is 2.13. The number of sulfone groups is 1. The van der Waals surface area contributed by atoms with Gasteiger partial charge in [-0.2, -0.15) is 0 Å². The molecule has 6 heteroatoms. The first-order chi connectivity index (χ1) is 9.94. The van der Waals surface area contributed by atoms with Crippen molar-refractivity contribution in [1.82, 2.24) is 5.32 Å². The molecule has 118 valence electrons. The van der Waals surface area contributed by atoms with E-state index in [0.717, 1.165) is 11.3 Å². The Hall–Kier alpha value is -1.11. The summed E-state index contributed by atoms with van der Waals surface area (Å²) >= 11 is 0. The molecule has 1 saturated heterocycles. The monoisotopic (exact) mass is 313 g/mol. The highest BCUT2D eigenvalue weighted by molar-refractivity contribution is 7.91. The van der Waals surface area contributed by atoms with Gasteiger partial charge in [-0.1, -0.05) is 17.7 Å². The minimum atomic E-state index is -2.83. The summed E-state index contributed by atoms with van der Waals surface area (Å²) in [5, 5.41) is 13.1. The van der Waals surface area contributed by atoms with E-state index < -0.39 is 15.9 Å². The molecule has 2 rings (SSSR count). The topological polar surface area (TPSA) is 75.6 Å². The van der Waals surface area contributed by atoms with Gasteiger partial charge in [0, 0.05) is 12.6 Å². The van der Waals surface area contributed by atoms with E-state index in [-0.39, 0.29) is 24.2 Å². The Bertz CT molecular complexity index is 527. The average Bonchev–Trinajstić information content (AvgIpc) is 2.45. The molecule has 1 atom stereocenters. The summed E-state index contributed by atoms with van der Waals surface area (Å²) in [6, 6.07) is 7.84. The fourth-order valence-electron chi connectivity index (χ4n) is 2.28. The van der Waals surface area contributed by atoms with Crippen LogP contribution in [0, 0.1) is 6.92 Å². The molecule has 21 heavy (non-hydrogen) atoms. The Labute approximate surface area is 126 Å². The first kappa shape index (κ1) is 16.3. The Balaban J connectivity index is 1.66. The van der Waals surface area contributed by atoms with Crippen LogP contribution in [0.5, 0.6) is 5.75 Å². The molecule has 5 nitrogen and oxygen atoms in total. The van der Waals surface area contributed by atoms with Crippen molar-refractivity contribution in [2.45, 2.75) is 31.9 Å². The Morgan fingerprint density at radius 1 is 1.29 bits per heavy atom. The second kappa shape index (κ2) is 7.24. The molecule has 1 aliphatic rings. The van der Waals surface area contributed by atoms with Crippen LogP contribution >= 0.6 is 0 Å². The van der Waals surface area contributed by atoms with Gasteiger partial charge in [0.1, 0.15) is 28.3 Å². The summed E-state index contributed by atoms with van der Waals surface area (Å²) in [6.07, 6.45) is 0.631. The molecular weight excluding hydrogens is 290 g/mol. The fourth-order valence-corrected chi connectivity index (χ4v) is 3.77. The number of aliphatic hydroxyl groups excluding tert-OH is 1. The van der Waals surface area contributed by atoms with Crippen LogP contribution in [0.15, 0.2) is 24.3 Å². The number of aryl methyl sites for hydroxylation is 1. The van der Waals surface area contributed by atoms with E-state index in [4.69, 9.17) is 4.74 Å². The number of hydrogen-bond acceptors (Lipinski definition) is 5. The molecule has 0 saturated carbocycles. The maximum atomic E-state index is 11.3. The predicted octanol–water partition coefficient (Wildman–Crippen LogP) is 0.902. The van der Waals surface area contributed by atoms with Gasteiger partial charge in [-0.3, -0.25) is 0 Å². The molecule has 1 aromatic rings. The van der Waals surface area contributed by atoms with Crippen molar-refractivity contribution < 1.29 is 18.3 Å². The second-order valence-corrected chi connectivity index (χ2v) is 7.92. The van der Waals surface area contributed by atoms with Gasteiger partial charge < -0.3 is 15.2 Å². The molecule has 0 bridgehead atoms. The number of hydrogen-bond donors (Lipinski definition) is 2. The van der Waals surface area contributed by atoms with Crippen LogP contribution in [0.4, 0.5) is 0 Å². The Kier molecular flexibility index (Phi) is 5.61. The summed E-state index contributed by atoms with van der Waals surface area (Å²) in [7, 11) is -2.83. The van der Waals surface area contributed by atoms with E-state index in [1.807, 2.05) is 31.2 Å². The van der Waals surface area contributed by atoms with Gasteiger partial charge in [0.25, 0.3) is 0 Å². The molecule has 0 radical (unpaired) electrons. The van der Waals surface area contributed by atoms with Gasteiger partial charge >= 0.3 is 0 Å². The Morgan fingerprint density at radius 3 is 2.52 bits per heavy atom. The molecule has 0 aromatic heterocycles. The summed E-state index contributed by atoms with van der Waals surface area (Å²) in [4.78, 5) is 0. The lowest BCUT2D eigenvalue weighted by atomic mass is 10.1. The lowest BCUT2D eigenvalue weighted by molar-refractivity contribution is 0.103. The zero-order valence-electron chi connectivity index (χ0n) is 12.3. The predicted molar refractivity (Wildman–Crippen MR) is 82.4 cm³/mol. The molecule has 1 heterocycles. The molecule has 1 aromatic carbocycles. The van der Waals surface area contributed by atoms with Gasteiger partial charge in [-0.15, -0.1) is 0 Å². The van der Waals surface area contributed by atoms with Crippen molar-refractivity contribution in [2.24, 2.45) is 0 Å². The van der Waals surface area contributed by atoms with Gasteiger partial charge in [0.2, 0.25) is 0 Å². The molecule has 1 aliphatic heterocycles. The van der Waals surface area contributed by atoms with Crippen molar-refractivity contribution >= 4 is 9.84 Å². The molecule has 2 N–H and O–H groups in total. The van der Waals surface area contributed by atoms with E-state index in [0.29, 0.717) is 19.4 Å². The van der Waals surface area contributed by atoms with Crippen LogP contribution < -0.4 is 10.1 Å². The minimum absolute atomic E-state index is 0.169. The standard InChI is InChI=1S/C15H23NO4S/c1-12-2-4-15(5-3-12)20-11-14(17)10-16-13-6-8-21(18,19)9-7-13/h2-5,13-14,16-17H,6-11H2,1H3. The quantitative estimate of drug-likeness (QED) is 0.816. The normalized spacial score (nSPS) is 20.1. The van der Waals surface area contributed by atoms with Crippen LogP contribution in [0.3, 0.4) is 0 Å². The second-order valence-electron chi connectivity index (χ2n) is 5.61. The van der Waals surface area contributed by atoms with E-state index in [1.165, 1.54) is 0 Å². The van der Waals surface area contributed by atoms with Gasteiger partial charge in [0.15, 0.2) is 0 Å². The number of rotatable bonds is 6. The molecule has 0 amide bonds. The smallest absolute Gasteiger partial charge is 0.150 e. The number of nitrogens with one attached hydrogen (secondary N) is 1. The molecule has 0 spiro atoms. The van der Waals surface area contributed by atoms with Crippen molar-refractivity contribution in [3.05, 3.63) is 29.8 Å². The molecule has 1 unspecified atom stereocenters. The van der Waals surface area contributed by atoms with Crippen molar-refractivity contribution in [1.29, 1.82) is 0 Å². The van der Waals surface area contributed by atoms with E-state index in [9.17, 15) is 13.5 Å². The SMILES string of the molecule is Cc1ccc(OCC(O)CNC2CCS(=O)(=O)CC2)cc1. The summed E-state index contributed by atoms with van der Waals surface area (Å²) in [5.41, 5.74) is 1.16. The Morgan fingerprint density at radius 2 is 1.90 bits per heavy atom. The van der Waals surface area contributed by atoms with Crippen LogP contribution in [0.2, 0.25) is 0 Å². The third-order valence-electron chi connectivity index (χ3n) is 3.66. The van der Waals surface area contributed by atoms with Gasteiger partial charge in [-0.05, 0) is 31.9 Å².